The molecular weight excluding hydrogens is 111 g/mol. The summed E-state index contributed by atoms with van der Waals surface area (Å²) in [5.41, 5.74) is 0. The highest BCUT2D eigenvalue weighted by Gasteiger charge is 1.94. The molecule has 0 saturated heterocycles. The van der Waals surface area contributed by atoms with E-state index >= 15 is 0 Å². The number of hydrogen-bond donors (Lipinski definition) is 0. The average molecular weight is 114 g/mol. The molecule has 0 amide bonds. The highest BCUT2D eigenvalue weighted by molar-refractivity contribution is 5.49. The summed E-state index contributed by atoms with van der Waals surface area (Å²) in [6.07, 6.45) is 1.51. The molecule has 0 radical (unpaired) electrons. The third-order valence-corrected chi connectivity index (χ3v) is 0.722. The number of carbonyl (C=O) groups is 1. The van der Waals surface area contributed by atoms with Crippen LogP contribution in [-0.2, 0) is 4.79 Å². The second-order valence-electron chi connectivity index (χ2n) is 1.20. The van der Waals surface area contributed by atoms with E-state index in [1.165, 1.54) is 6.20 Å². The topological polar surface area (TPSA) is 34.9 Å². The number of aromatic nitrogens is 2. The molecule has 42 valence electrons. The maximum atomic E-state index is 12.0. The Bertz CT molecular complexity index is 196. The summed E-state index contributed by atoms with van der Waals surface area (Å²) < 4.78 is 12.6. The Morgan fingerprint density at radius 3 is 2.88 bits per heavy atom. The molecule has 1 rings (SSSR count). The van der Waals surface area contributed by atoms with Crippen molar-refractivity contribution >= 4 is 6.41 Å². The van der Waals surface area contributed by atoms with E-state index in [-0.39, 0.29) is 0 Å². The summed E-state index contributed by atoms with van der Waals surface area (Å²) in [6, 6.07) is 1.11. The lowest BCUT2D eigenvalue weighted by Crippen LogP contribution is -1.98. The van der Waals surface area contributed by atoms with Crippen LogP contribution in [-0.4, -0.2) is 16.2 Å². The first-order valence-electron chi connectivity index (χ1n) is 1.99. The summed E-state index contributed by atoms with van der Waals surface area (Å²) in [7, 11) is 0. The molecule has 0 N–H and O–H groups in total. The summed E-state index contributed by atoms with van der Waals surface area (Å²) in [5, 5.41) is 3.31. The Hall–Kier alpha value is -1.19. The van der Waals surface area contributed by atoms with Crippen molar-refractivity contribution in [2.75, 3.05) is 0 Å². The smallest absolute Gasteiger partial charge is 0.236 e. The molecule has 0 aliphatic heterocycles. The molecule has 0 unspecified atom stereocenters. The zero-order valence-electron chi connectivity index (χ0n) is 3.91. The molecule has 0 aromatic carbocycles. The highest BCUT2D eigenvalue weighted by Crippen LogP contribution is 1.89. The predicted octanol–water partition coefficient (Wildman–Crippen LogP) is 0.0605. The summed E-state index contributed by atoms with van der Waals surface area (Å²) in [5.74, 6) is -0.639. The van der Waals surface area contributed by atoms with Crippen LogP contribution in [0, 0.1) is 5.95 Å². The Balaban J connectivity index is 3.09. The monoisotopic (exact) mass is 114 g/mol. The van der Waals surface area contributed by atoms with Crippen LogP contribution in [0.1, 0.15) is 0 Å². The quantitative estimate of drug-likeness (QED) is 0.484. The molecular formula is C4H3FN2O. The first-order chi connectivity index (χ1) is 3.84. The van der Waals surface area contributed by atoms with Crippen LogP contribution in [0.5, 0.6) is 0 Å². The second-order valence-corrected chi connectivity index (χ2v) is 1.20. The zero-order chi connectivity index (χ0) is 5.98. The van der Waals surface area contributed by atoms with Gasteiger partial charge < -0.3 is 0 Å². The van der Waals surface area contributed by atoms with Gasteiger partial charge >= 0.3 is 0 Å². The second kappa shape index (κ2) is 1.73. The Kier molecular flexibility index (Phi) is 1.07. The summed E-state index contributed by atoms with van der Waals surface area (Å²) in [4.78, 5) is 9.75. The maximum absolute atomic E-state index is 12.0. The van der Waals surface area contributed by atoms with Gasteiger partial charge in [0.05, 0.1) is 6.20 Å². The molecule has 0 fully saturated rings. The summed E-state index contributed by atoms with van der Waals surface area (Å²) in [6.45, 7) is 0. The Morgan fingerprint density at radius 1 is 1.88 bits per heavy atom. The molecule has 0 aliphatic rings. The van der Waals surface area contributed by atoms with Crippen LogP contribution in [0.2, 0.25) is 0 Å². The molecule has 4 heteroatoms. The summed E-state index contributed by atoms with van der Waals surface area (Å²) >= 11 is 0. The Labute approximate surface area is 44.7 Å². The van der Waals surface area contributed by atoms with Crippen molar-refractivity contribution in [2.24, 2.45) is 0 Å². The molecule has 1 heterocycles. The molecule has 1 aromatic rings. The van der Waals surface area contributed by atoms with E-state index in [0.29, 0.717) is 11.1 Å². The van der Waals surface area contributed by atoms with Crippen molar-refractivity contribution in [3.63, 3.8) is 0 Å². The fraction of sp³-hybridized carbons (Fsp3) is 0. The van der Waals surface area contributed by atoms with E-state index in [9.17, 15) is 9.18 Å². The van der Waals surface area contributed by atoms with E-state index in [1.54, 1.807) is 0 Å². The lowest BCUT2D eigenvalue weighted by molar-refractivity contribution is 0.500. The number of hydrogen-bond acceptors (Lipinski definition) is 2. The van der Waals surface area contributed by atoms with Crippen LogP contribution in [0.15, 0.2) is 12.3 Å². The number of halogens is 1. The average Bonchev–Trinajstić information content (AvgIpc) is 2.14. The normalized spacial score (nSPS) is 9.12. The molecule has 1 aromatic heterocycles. The van der Waals surface area contributed by atoms with Gasteiger partial charge in [-0.05, 0) is 0 Å². The molecule has 0 atom stereocenters. The first-order valence-corrected chi connectivity index (χ1v) is 1.99. The first kappa shape index (κ1) is 4.96. The number of rotatable bonds is 1. The van der Waals surface area contributed by atoms with Gasteiger partial charge in [0, 0.05) is 6.07 Å². The SMILES string of the molecule is O=Cn1nccc1F. The van der Waals surface area contributed by atoms with Crippen LogP contribution >= 0.6 is 0 Å². The van der Waals surface area contributed by atoms with Gasteiger partial charge in [-0.15, -0.1) is 0 Å². The lowest BCUT2D eigenvalue weighted by atomic mass is 10.7. The van der Waals surface area contributed by atoms with E-state index in [2.05, 4.69) is 5.10 Å². The van der Waals surface area contributed by atoms with Gasteiger partial charge in [0.25, 0.3) is 0 Å². The van der Waals surface area contributed by atoms with E-state index in [1.807, 2.05) is 0 Å². The fourth-order valence-corrected chi connectivity index (χ4v) is 0.376. The van der Waals surface area contributed by atoms with Crippen LogP contribution in [0.3, 0.4) is 0 Å². The lowest BCUT2D eigenvalue weighted by Gasteiger charge is -1.81. The van der Waals surface area contributed by atoms with Crippen molar-refractivity contribution in [1.29, 1.82) is 0 Å². The number of nitrogens with zero attached hydrogens (tertiary/aromatic N) is 2. The van der Waals surface area contributed by atoms with Crippen LogP contribution < -0.4 is 0 Å². The van der Waals surface area contributed by atoms with E-state index in [0.717, 1.165) is 6.07 Å². The fourth-order valence-electron chi connectivity index (χ4n) is 0.376. The standard InChI is InChI=1S/C4H3FN2O/c5-4-1-2-6-7(4)3-8/h1-3H. The Morgan fingerprint density at radius 2 is 2.62 bits per heavy atom. The third-order valence-electron chi connectivity index (χ3n) is 0.722. The van der Waals surface area contributed by atoms with Gasteiger partial charge in [0.15, 0.2) is 0 Å². The van der Waals surface area contributed by atoms with Crippen molar-refractivity contribution in [3.8, 4) is 0 Å². The number of carbonyl (C=O) groups excluding carboxylic acids is 1. The molecule has 0 bridgehead atoms. The van der Waals surface area contributed by atoms with Gasteiger partial charge in [0.2, 0.25) is 12.4 Å². The van der Waals surface area contributed by atoms with Gasteiger partial charge in [-0.25, -0.2) is 0 Å². The van der Waals surface area contributed by atoms with Crippen molar-refractivity contribution in [3.05, 3.63) is 18.2 Å². The van der Waals surface area contributed by atoms with Crippen molar-refractivity contribution in [2.45, 2.75) is 0 Å². The molecule has 0 spiro atoms. The largest absolute Gasteiger partial charge is 0.276 e. The van der Waals surface area contributed by atoms with Crippen LogP contribution in [0.4, 0.5) is 4.39 Å². The minimum atomic E-state index is -0.639. The molecule has 0 saturated carbocycles. The molecule has 0 aliphatic carbocycles. The van der Waals surface area contributed by atoms with Crippen LogP contribution in [0.25, 0.3) is 0 Å². The van der Waals surface area contributed by atoms with Crippen molar-refractivity contribution in [1.82, 2.24) is 9.78 Å². The third kappa shape index (κ3) is 0.598. The highest BCUT2D eigenvalue weighted by atomic mass is 19.1. The minimum Gasteiger partial charge on any atom is -0.276 e. The maximum Gasteiger partial charge on any atom is 0.236 e. The van der Waals surface area contributed by atoms with Gasteiger partial charge in [0.1, 0.15) is 0 Å². The minimum absolute atomic E-state index is 0.301. The van der Waals surface area contributed by atoms with Gasteiger partial charge in [-0.3, -0.25) is 4.79 Å². The van der Waals surface area contributed by atoms with Gasteiger partial charge in [-0.1, -0.05) is 0 Å². The predicted molar refractivity (Wildman–Crippen MR) is 24.3 cm³/mol. The van der Waals surface area contributed by atoms with E-state index in [4.69, 9.17) is 0 Å². The van der Waals surface area contributed by atoms with E-state index < -0.39 is 5.95 Å². The molecule has 3 nitrogen and oxygen atoms in total. The zero-order valence-corrected chi connectivity index (χ0v) is 3.91. The van der Waals surface area contributed by atoms with Crippen molar-refractivity contribution < 1.29 is 9.18 Å². The van der Waals surface area contributed by atoms with Gasteiger partial charge in [-0.2, -0.15) is 14.2 Å². The molecule has 8 heavy (non-hydrogen) atoms.